The van der Waals surface area contributed by atoms with Gasteiger partial charge in [0.15, 0.2) is 14.9 Å². The van der Waals surface area contributed by atoms with Crippen molar-refractivity contribution in [2.45, 2.75) is 10.4 Å². The van der Waals surface area contributed by atoms with Gasteiger partial charge in [0, 0.05) is 10.9 Å². The van der Waals surface area contributed by atoms with Gasteiger partial charge < -0.3 is 13.0 Å². The predicted molar refractivity (Wildman–Crippen MR) is 80.5 cm³/mol. The van der Waals surface area contributed by atoms with Crippen molar-refractivity contribution in [3.63, 3.8) is 0 Å². The van der Waals surface area contributed by atoms with Gasteiger partial charge >= 0.3 is 5.51 Å². The second-order valence-corrected chi connectivity index (χ2v) is 9.80. The van der Waals surface area contributed by atoms with Crippen LogP contribution in [0.5, 0.6) is 5.75 Å². The summed E-state index contributed by atoms with van der Waals surface area (Å²) in [5, 5.41) is 0. The Morgan fingerprint density at radius 2 is 1.58 bits per heavy atom. The number of sulfonamides is 1. The van der Waals surface area contributed by atoms with Crippen molar-refractivity contribution in [1.29, 1.82) is 0 Å². The zero-order valence-electron chi connectivity index (χ0n) is 11.9. The Morgan fingerprint density at radius 1 is 1.04 bits per heavy atom. The van der Waals surface area contributed by atoms with Crippen LogP contribution in [0.2, 0.25) is 0 Å². The van der Waals surface area contributed by atoms with Gasteiger partial charge in [-0.15, -0.1) is 0 Å². The molecule has 1 saturated heterocycles. The van der Waals surface area contributed by atoms with Gasteiger partial charge in [-0.05, 0) is 24.3 Å². The van der Waals surface area contributed by atoms with Crippen LogP contribution in [-0.2, 0) is 36.0 Å². The van der Waals surface area contributed by atoms with Crippen molar-refractivity contribution < 1.29 is 38.9 Å². The first-order valence-electron chi connectivity index (χ1n) is 6.35. The van der Waals surface area contributed by atoms with Crippen LogP contribution >= 0.6 is 0 Å². The van der Waals surface area contributed by atoms with Gasteiger partial charge in [0.1, 0.15) is 17.3 Å². The van der Waals surface area contributed by atoms with Gasteiger partial charge in [0.05, 0.1) is 13.2 Å². The highest BCUT2D eigenvalue weighted by Gasteiger charge is 2.40. The van der Waals surface area contributed by atoms with Gasteiger partial charge in [-0.1, -0.05) is 0 Å². The third-order valence-corrected chi connectivity index (χ3v) is 7.55. The monoisotopic (exact) mass is 407 g/mol. The lowest BCUT2D eigenvalue weighted by molar-refractivity contribution is -0.0425. The lowest BCUT2D eigenvalue weighted by Gasteiger charge is -2.21. The maximum atomic E-state index is 12.2. The number of benzene rings is 1. The topological polar surface area (TPSA) is 101 Å². The minimum absolute atomic E-state index is 0.0652. The molecule has 1 aliphatic rings. The maximum Gasteiger partial charge on any atom is 0.480 e. The van der Waals surface area contributed by atoms with Crippen LogP contribution in [0.4, 0.5) is 13.2 Å². The average molecular weight is 407 g/mol. The van der Waals surface area contributed by atoms with Crippen LogP contribution in [0.15, 0.2) is 29.2 Å². The van der Waals surface area contributed by atoms with Crippen LogP contribution < -0.4 is 4.18 Å². The lowest BCUT2D eigenvalue weighted by Crippen LogP contribution is -2.26. The molecule has 0 saturated carbocycles. The van der Waals surface area contributed by atoms with Crippen molar-refractivity contribution in [1.82, 2.24) is 0 Å². The summed E-state index contributed by atoms with van der Waals surface area (Å²) in [6.07, 6.45) is 0. The van der Waals surface area contributed by atoms with Gasteiger partial charge in [-0.25, -0.2) is 16.8 Å². The molecule has 0 amide bonds. The Morgan fingerprint density at radius 3 is 2.08 bits per heavy atom. The third kappa shape index (κ3) is 4.99. The van der Waals surface area contributed by atoms with E-state index in [0.29, 0.717) is 13.2 Å². The molecule has 136 valence electrons. The van der Waals surface area contributed by atoms with E-state index in [9.17, 15) is 30.0 Å². The third-order valence-electron chi connectivity index (χ3n) is 2.79. The molecule has 1 fully saturated rings. The van der Waals surface area contributed by atoms with Gasteiger partial charge in [-0.2, -0.15) is 13.2 Å². The molecule has 0 aliphatic carbocycles. The lowest BCUT2D eigenvalue weighted by atomic mass is 10.3. The SMILES string of the molecule is O=S(=O)([N-]S(=O)(=O)C(F)(F)F)Oc1ccc([S+]2CCOCC2)cc1. The fourth-order valence-corrected chi connectivity index (χ4v) is 5.36. The normalized spacial score (nSPS) is 17.6. The van der Waals surface area contributed by atoms with Crippen LogP contribution in [0, 0.1) is 0 Å². The summed E-state index contributed by atoms with van der Waals surface area (Å²) in [4.78, 5) is 0.919. The summed E-state index contributed by atoms with van der Waals surface area (Å²) in [6, 6.07) is 5.59. The summed E-state index contributed by atoms with van der Waals surface area (Å²) in [5.74, 6) is 1.30. The molecular formula is C11H12F3NO6S3. The van der Waals surface area contributed by atoms with E-state index in [1.807, 2.05) is 0 Å². The van der Waals surface area contributed by atoms with Crippen molar-refractivity contribution in [2.75, 3.05) is 24.7 Å². The fourth-order valence-electron chi connectivity index (χ4n) is 1.75. The van der Waals surface area contributed by atoms with E-state index in [4.69, 9.17) is 4.74 Å². The Labute approximate surface area is 139 Å². The number of hydrogen-bond acceptors (Lipinski definition) is 6. The molecule has 0 spiro atoms. The van der Waals surface area contributed by atoms with Crippen molar-refractivity contribution >= 4 is 31.2 Å². The van der Waals surface area contributed by atoms with E-state index < -0.39 is 25.8 Å². The Bertz CT molecular complexity index is 770. The van der Waals surface area contributed by atoms with E-state index in [0.717, 1.165) is 16.4 Å². The Hall–Kier alpha value is -1.02. The van der Waals surface area contributed by atoms with Gasteiger partial charge in [0.25, 0.3) is 0 Å². The first-order chi connectivity index (χ1) is 11.0. The summed E-state index contributed by atoms with van der Waals surface area (Å²) in [5.41, 5.74) is -5.82. The summed E-state index contributed by atoms with van der Waals surface area (Å²) in [6.45, 7) is 1.23. The summed E-state index contributed by atoms with van der Waals surface area (Å²) >= 11 is 0. The molecule has 0 aromatic heterocycles. The van der Waals surface area contributed by atoms with E-state index in [1.54, 1.807) is 16.3 Å². The molecule has 1 aromatic rings. The first-order valence-corrected chi connectivity index (χ1v) is 10.7. The quantitative estimate of drug-likeness (QED) is 0.687. The summed E-state index contributed by atoms with van der Waals surface area (Å²) < 4.78 is 92.0. The number of halogens is 3. The van der Waals surface area contributed by atoms with Gasteiger partial charge in [0.2, 0.25) is 10.3 Å². The average Bonchev–Trinajstić information content (AvgIpc) is 2.46. The molecule has 2 rings (SSSR count). The highest BCUT2D eigenvalue weighted by molar-refractivity contribution is 8.10. The van der Waals surface area contributed by atoms with Gasteiger partial charge in [-0.3, -0.25) is 0 Å². The Kier molecular flexibility index (Phi) is 5.69. The number of hydrogen-bond donors (Lipinski definition) is 0. The molecule has 1 heterocycles. The number of nitrogens with zero attached hydrogens (tertiary/aromatic N) is 1. The molecule has 1 aromatic carbocycles. The molecule has 0 bridgehead atoms. The minimum atomic E-state index is -6.20. The first kappa shape index (κ1) is 19.3. The highest BCUT2D eigenvalue weighted by atomic mass is 32.3. The highest BCUT2D eigenvalue weighted by Crippen LogP contribution is 2.31. The van der Waals surface area contributed by atoms with Crippen LogP contribution in [0.25, 0.3) is 4.13 Å². The van der Waals surface area contributed by atoms with E-state index >= 15 is 0 Å². The molecule has 13 heteroatoms. The molecule has 0 N–H and O–H groups in total. The summed E-state index contributed by atoms with van der Waals surface area (Å²) in [7, 11) is -11.6. The zero-order valence-corrected chi connectivity index (χ0v) is 14.3. The van der Waals surface area contributed by atoms with E-state index in [1.165, 1.54) is 12.1 Å². The van der Waals surface area contributed by atoms with Crippen LogP contribution in [-0.4, -0.2) is 47.1 Å². The maximum absolute atomic E-state index is 12.2. The fraction of sp³-hybridized carbons (Fsp3) is 0.455. The number of alkyl halides is 3. The van der Waals surface area contributed by atoms with E-state index in [-0.39, 0.29) is 16.6 Å². The smallest absolute Gasteiger partial charge is 0.395 e. The van der Waals surface area contributed by atoms with Crippen LogP contribution in [0.3, 0.4) is 0 Å². The van der Waals surface area contributed by atoms with E-state index in [2.05, 4.69) is 4.18 Å². The molecule has 0 radical (unpaired) electrons. The van der Waals surface area contributed by atoms with Crippen molar-refractivity contribution in [3.8, 4) is 5.75 Å². The minimum Gasteiger partial charge on any atom is -0.395 e. The molecule has 24 heavy (non-hydrogen) atoms. The molecule has 7 nitrogen and oxygen atoms in total. The predicted octanol–water partition coefficient (Wildman–Crippen LogP) is 1.54. The number of ether oxygens (including phenoxy) is 1. The zero-order chi connectivity index (χ0) is 18.0. The standard InChI is InChI=1S/C11H12F3NO6S3/c12-11(13,14)23(16,17)15-24(18,19)21-9-1-3-10(4-2-9)22-7-5-20-6-8-22/h1-4H,5-8H2. The van der Waals surface area contributed by atoms with Crippen molar-refractivity contribution in [3.05, 3.63) is 28.4 Å². The molecule has 0 atom stereocenters. The van der Waals surface area contributed by atoms with Crippen LogP contribution in [0.1, 0.15) is 0 Å². The Balaban J connectivity index is 2.07. The second-order valence-electron chi connectivity index (χ2n) is 4.49. The largest absolute Gasteiger partial charge is 0.480 e. The number of rotatable bonds is 5. The molecular weight excluding hydrogens is 395 g/mol. The molecule has 0 unspecified atom stereocenters. The van der Waals surface area contributed by atoms with Crippen molar-refractivity contribution in [2.24, 2.45) is 0 Å². The second kappa shape index (κ2) is 7.07. The molecule has 1 aliphatic heterocycles.